The third-order valence-corrected chi connectivity index (χ3v) is 4.17. The van der Waals surface area contributed by atoms with Crippen LogP contribution >= 0.6 is 0 Å². The highest BCUT2D eigenvalue weighted by Gasteiger charge is 2.24. The summed E-state index contributed by atoms with van der Waals surface area (Å²) in [5.74, 6) is 0.185. The Morgan fingerprint density at radius 3 is 2.52 bits per heavy atom. The molecule has 1 aromatic rings. The van der Waals surface area contributed by atoms with Crippen LogP contribution in [-0.4, -0.2) is 29.7 Å². The van der Waals surface area contributed by atoms with E-state index in [4.69, 9.17) is 0 Å². The van der Waals surface area contributed by atoms with E-state index >= 15 is 0 Å². The Morgan fingerprint density at radius 1 is 1.30 bits per heavy atom. The second-order valence-electron chi connectivity index (χ2n) is 5.97. The summed E-state index contributed by atoms with van der Waals surface area (Å²) in [5.41, 5.74) is 4.63. The molecule has 0 saturated carbocycles. The van der Waals surface area contributed by atoms with Crippen LogP contribution in [0.25, 0.3) is 0 Å². The topological polar surface area (TPSA) is 23.5 Å². The highest BCUT2D eigenvalue weighted by atomic mass is 16.3. The minimum atomic E-state index is 0.0948. The van der Waals surface area contributed by atoms with Gasteiger partial charge in [-0.2, -0.15) is 0 Å². The maximum absolute atomic E-state index is 9.53. The van der Waals surface area contributed by atoms with E-state index in [1.54, 1.807) is 6.08 Å². The molecule has 1 aromatic carbocycles. The van der Waals surface area contributed by atoms with E-state index in [0.717, 1.165) is 5.57 Å². The molecular weight excluding hydrogens is 282 g/mol. The quantitative estimate of drug-likeness (QED) is 0.536. The number of hydrogen-bond acceptors (Lipinski definition) is 2. The zero-order valence-corrected chi connectivity index (χ0v) is 14.6. The van der Waals surface area contributed by atoms with Gasteiger partial charge in [-0.25, -0.2) is 0 Å². The van der Waals surface area contributed by atoms with Gasteiger partial charge in [0.05, 0.1) is 6.04 Å². The van der Waals surface area contributed by atoms with Gasteiger partial charge in [0.25, 0.3) is 0 Å². The lowest BCUT2D eigenvalue weighted by Crippen LogP contribution is -2.32. The summed E-state index contributed by atoms with van der Waals surface area (Å²) in [6, 6.07) is 6.58. The molecule has 0 aromatic heterocycles. The molecular formula is C21H29NO. The maximum atomic E-state index is 9.53. The van der Waals surface area contributed by atoms with E-state index in [2.05, 4.69) is 56.7 Å². The van der Waals surface area contributed by atoms with Crippen molar-refractivity contribution in [2.45, 2.75) is 32.2 Å². The molecule has 1 N–H and O–H groups in total. The van der Waals surface area contributed by atoms with Crippen molar-refractivity contribution in [2.24, 2.45) is 0 Å². The molecule has 0 aliphatic carbocycles. The van der Waals surface area contributed by atoms with Crippen LogP contribution in [0.5, 0.6) is 0 Å². The first-order valence-electron chi connectivity index (χ1n) is 7.96. The van der Waals surface area contributed by atoms with Crippen LogP contribution < -0.4 is 0 Å². The zero-order chi connectivity index (χ0) is 17.4. The lowest BCUT2D eigenvalue weighted by Gasteiger charge is -2.33. The third kappa shape index (κ3) is 5.26. The Kier molecular flexibility index (Phi) is 7.56. The van der Waals surface area contributed by atoms with Crippen LogP contribution in [0.2, 0.25) is 0 Å². The Labute approximate surface area is 141 Å². The van der Waals surface area contributed by atoms with Crippen molar-refractivity contribution >= 4 is 0 Å². The van der Waals surface area contributed by atoms with Gasteiger partial charge in [0.2, 0.25) is 0 Å². The van der Waals surface area contributed by atoms with E-state index in [-0.39, 0.29) is 18.6 Å². The van der Waals surface area contributed by atoms with Gasteiger partial charge in [-0.15, -0.1) is 6.58 Å². The fourth-order valence-corrected chi connectivity index (χ4v) is 2.89. The van der Waals surface area contributed by atoms with Crippen molar-refractivity contribution in [2.75, 3.05) is 13.7 Å². The molecule has 1 rings (SSSR count). The molecule has 2 heteroatoms. The first-order chi connectivity index (χ1) is 10.9. The molecule has 0 spiro atoms. The molecule has 2 nitrogen and oxygen atoms in total. The number of hydrogen-bond donors (Lipinski definition) is 1. The molecule has 0 aliphatic rings. The van der Waals surface area contributed by atoms with Gasteiger partial charge >= 0.3 is 0 Å². The van der Waals surface area contributed by atoms with Crippen molar-refractivity contribution in [3.8, 4) is 0 Å². The smallest absolute Gasteiger partial charge is 0.0531 e. The molecule has 2 atom stereocenters. The third-order valence-electron chi connectivity index (χ3n) is 4.17. The van der Waals surface area contributed by atoms with E-state index in [1.807, 2.05) is 25.4 Å². The summed E-state index contributed by atoms with van der Waals surface area (Å²) in [7, 11) is 2.02. The van der Waals surface area contributed by atoms with Gasteiger partial charge in [-0.05, 0) is 49.2 Å². The summed E-state index contributed by atoms with van der Waals surface area (Å²) < 4.78 is 0. The van der Waals surface area contributed by atoms with Crippen molar-refractivity contribution in [3.63, 3.8) is 0 Å². The number of aliphatic hydroxyl groups excluding tert-OH is 1. The second-order valence-corrected chi connectivity index (χ2v) is 5.97. The number of likely N-dealkylation sites (N-methyl/N-ethyl adjacent to an activating group) is 1. The predicted molar refractivity (Wildman–Crippen MR) is 101 cm³/mol. The van der Waals surface area contributed by atoms with Crippen LogP contribution in [0.15, 0.2) is 67.9 Å². The molecule has 124 valence electrons. The number of aryl methyl sites for hydroxylation is 2. The first-order valence-corrected chi connectivity index (χ1v) is 7.96. The van der Waals surface area contributed by atoms with E-state index in [9.17, 15) is 5.11 Å². The number of aliphatic hydroxyl groups is 1. The van der Waals surface area contributed by atoms with Gasteiger partial charge in [-0.3, -0.25) is 0 Å². The number of allylic oxidation sites excluding steroid dienone is 3. The Bertz CT molecular complexity index is 586. The average molecular weight is 311 g/mol. The predicted octanol–water partition coefficient (Wildman–Crippen LogP) is 4.51. The lowest BCUT2D eigenvalue weighted by atomic mass is 9.85. The molecule has 0 fully saturated rings. The number of rotatable bonds is 9. The first kappa shape index (κ1) is 19.0. The highest BCUT2D eigenvalue weighted by molar-refractivity contribution is 5.35. The standard InChI is InChI=1S/C21H29NO/c1-7-16(3)11-13-22(6)21(8-2)20(12-14-23)19-10-9-17(4)15-18(19)5/h7-11,13,15,20-21,23H,1-3,12,14H2,4-6H3/b13-11-. The lowest BCUT2D eigenvalue weighted by molar-refractivity contribution is 0.243. The monoisotopic (exact) mass is 311 g/mol. The van der Waals surface area contributed by atoms with Crippen molar-refractivity contribution < 1.29 is 5.11 Å². The van der Waals surface area contributed by atoms with E-state index in [1.165, 1.54) is 16.7 Å². The fourth-order valence-electron chi connectivity index (χ4n) is 2.89. The van der Waals surface area contributed by atoms with Gasteiger partial charge in [0.1, 0.15) is 0 Å². The Balaban J connectivity index is 3.13. The molecule has 23 heavy (non-hydrogen) atoms. The van der Waals surface area contributed by atoms with E-state index in [0.29, 0.717) is 6.42 Å². The van der Waals surface area contributed by atoms with Gasteiger partial charge in [0, 0.05) is 19.6 Å². The minimum absolute atomic E-state index is 0.0948. The summed E-state index contributed by atoms with van der Waals surface area (Å²) in [4.78, 5) is 2.11. The average Bonchev–Trinajstić information content (AvgIpc) is 2.52. The van der Waals surface area contributed by atoms with Gasteiger partial charge in [-0.1, -0.05) is 49.1 Å². The van der Waals surface area contributed by atoms with Crippen LogP contribution in [0.3, 0.4) is 0 Å². The fraction of sp³-hybridized carbons (Fsp3) is 0.333. The van der Waals surface area contributed by atoms with Crippen LogP contribution in [0.4, 0.5) is 0 Å². The molecule has 0 aliphatic heterocycles. The van der Waals surface area contributed by atoms with Gasteiger partial charge in [0.15, 0.2) is 0 Å². The molecule has 0 bridgehead atoms. The molecule has 0 radical (unpaired) electrons. The summed E-state index contributed by atoms with van der Waals surface area (Å²) in [6.45, 7) is 16.0. The maximum Gasteiger partial charge on any atom is 0.0531 e. The summed E-state index contributed by atoms with van der Waals surface area (Å²) in [6.07, 6.45) is 8.29. The van der Waals surface area contributed by atoms with Crippen molar-refractivity contribution in [3.05, 3.63) is 84.6 Å². The normalized spacial score (nSPS) is 13.6. The molecule has 0 amide bonds. The second kappa shape index (κ2) is 9.16. The molecule has 2 unspecified atom stereocenters. The van der Waals surface area contributed by atoms with Crippen LogP contribution in [-0.2, 0) is 0 Å². The number of nitrogens with zero attached hydrogens (tertiary/aromatic N) is 1. The summed E-state index contributed by atoms with van der Waals surface area (Å²) in [5, 5.41) is 9.53. The van der Waals surface area contributed by atoms with Gasteiger partial charge < -0.3 is 10.0 Å². The van der Waals surface area contributed by atoms with Crippen LogP contribution in [0, 0.1) is 13.8 Å². The highest BCUT2D eigenvalue weighted by Crippen LogP contribution is 2.30. The largest absolute Gasteiger partial charge is 0.396 e. The SMILES string of the molecule is C=CC(=C)/C=C\N(C)C(C=C)C(CCO)c1ccc(C)cc1C. The number of benzene rings is 1. The van der Waals surface area contributed by atoms with Crippen molar-refractivity contribution in [1.82, 2.24) is 4.90 Å². The Morgan fingerprint density at radius 2 is 2.00 bits per heavy atom. The van der Waals surface area contributed by atoms with Crippen molar-refractivity contribution in [1.29, 1.82) is 0 Å². The van der Waals surface area contributed by atoms with E-state index < -0.39 is 0 Å². The molecule has 0 saturated heterocycles. The summed E-state index contributed by atoms with van der Waals surface area (Å²) >= 11 is 0. The Hall–Kier alpha value is -2.06. The zero-order valence-electron chi connectivity index (χ0n) is 14.6. The van der Waals surface area contributed by atoms with Crippen LogP contribution in [0.1, 0.15) is 29.0 Å². The molecule has 0 heterocycles. The minimum Gasteiger partial charge on any atom is -0.396 e.